The summed E-state index contributed by atoms with van der Waals surface area (Å²) in [6.45, 7) is 6.58. The minimum atomic E-state index is -0.251. The molecule has 1 saturated heterocycles. The van der Waals surface area contributed by atoms with Crippen molar-refractivity contribution in [2.24, 2.45) is 0 Å². The van der Waals surface area contributed by atoms with Crippen LogP contribution in [0.2, 0.25) is 5.02 Å². The summed E-state index contributed by atoms with van der Waals surface area (Å²) in [7, 11) is 3.18. The molecule has 3 rings (SSSR count). The molecule has 0 aliphatic carbocycles. The number of hydrogen-bond donors (Lipinski definition) is 2. The first-order valence-electron chi connectivity index (χ1n) is 10.9. The van der Waals surface area contributed by atoms with Gasteiger partial charge >= 0.3 is 0 Å². The number of aromatic nitrogens is 2. The number of aryl methyl sites for hydroxylation is 2. The molecule has 3 N–H and O–H groups in total. The molecule has 8 nitrogen and oxygen atoms in total. The molecule has 0 saturated carbocycles. The SMILES string of the molecule is COc1cc(N)c(Cl)cc1C(=O)NC1CCN(CCCSc2nc(C)cc(C)n2)CC1OC. The summed E-state index contributed by atoms with van der Waals surface area (Å²) in [5.74, 6) is 1.10. The Morgan fingerprint density at radius 1 is 1.27 bits per heavy atom. The van der Waals surface area contributed by atoms with E-state index in [1.807, 2.05) is 19.9 Å². The third-order valence-electron chi connectivity index (χ3n) is 5.64. The number of carbonyl (C=O) groups excluding carboxylic acids is 1. The molecule has 0 spiro atoms. The molecule has 0 bridgehead atoms. The van der Waals surface area contributed by atoms with Crippen LogP contribution in [-0.2, 0) is 4.74 Å². The van der Waals surface area contributed by atoms with Crippen molar-refractivity contribution < 1.29 is 14.3 Å². The largest absolute Gasteiger partial charge is 0.496 e. The fourth-order valence-electron chi connectivity index (χ4n) is 3.96. The van der Waals surface area contributed by atoms with Crippen molar-refractivity contribution in [2.45, 2.75) is 44.0 Å². The maximum Gasteiger partial charge on any atom is 0.255 e. The van der Waals surface area contributed by atoms with Gasteiger partial charge < -0.3 is 25.4 Å². The maximum absolute atomic E-state index is 12.9. The van der Waals surface area contributed by atoms with E-state index >= 15 is 0 Å². The minimum absolute atomic E-state index is 0.0992. The average molecular weight is 494 g/mol. The Labute approximate surface area is 204 Å². The molecule has 33 heavy (non-hydrogen) atoms. The zero-order valence-corrected chi connectivity index (χ0v) is 21.1. The smallest absolute Gasteiger partial charge is 0.255 e. The number of anilines is 1. The van der Waals surface area contributed by atoms with Crippen LogP contribution in [0.25, 0.3) is 0 Å². The third kappa shape index (κ3) is 6.96. The first kappa shape index (κ1) is 25.6. The predicted molar refractivity (Wildman–Crippen MR) is 132 cm³/mol. The standard InChI is InChI=1S/C23H32ClN5O3S/c1-14-10-15(2)27-23(26-14)33-9-5-7-29-8-6-19(21(13-29)32-4)28-22(30)16-11-17(24)18(25)12-20(16)31-3/h10-12,19,21H,5-9,13,25H2,1-4H3,(H,28,30). The Morgan fingerprint density at radius 2 is 2.00 bits per heavy atom. The number of thioether (sulfide) groups is 1. The normalized spacial score (nSPS) is 18.8. The summed E-state index contributed by atoms with van der Waals surface area (Å²) in [4.78, 5) is 24.3. The van der Waals surface area contributed by atoms with E-state index in [0.717, 1.165) is 54.8 Å². The number of likely N-dealkylation sites (tertiary alicyclic amines) is 1. The van der Waals surface area contributed by atoms with Gasteiger partial charge in [-0.2, -0.15) is 0 Å². The monoisotopic (exact) mass is 493 g/mol. The Hall–Kier alpha value is -2.07. The van der Waals surface area contributed by atoms with E-state index in [9.17, 15) is 4.79 Å². The lowest BCUT2D eigenvalue weighted by Gasteiger charge is -2.38. The fourth-order valence-corrected chi connectivity index (χ4v) is 5.00. The van der Waals surface area contributed by atoms with E-state index in [2.05, 4.69) is 20.2 Å². The van der Waals surface area contributed by atoms with Gasteiger partial charge in [-0.3, -0.25) is 4.79 Å². The number of methoxy groups -OCH3 is 2. The Morgan fingerprint density at radius 3 is 2.67 bits per heavy atom. The highest BCUT2D eigenvalue weighted by atomic mass is 35.5. The molecule has 2 atom stereocenters. The summed E-state index contributed by atoms with van der Waals surface area (Å²) in [5.41, 5.74) is 8.55. The van der Waals surface area contributed by atoms with Gasteiger partial charge in [-0.15, -0.1) is 0 Å². The topological polar surface area (TPSA) is 103 Å². The van der Waals surface area contributed by atoms with Gasteiger partial charge in [0, 0.05) is 43.4 Å². The molecule has 2 heterocycles. The number of nitrogens with zero attached hydrogens (tertiary/aromatic N) is 3. The number of hydrogen-bond acceptors (Lipinski definition) is 8. The summed E-state index contributed by atoms with van der Waals surface area (Å²) in [5, 5.41) is 4.24. The van der Waals surface area contributed by atoms with Crippen LogP contribution in [0.5, 0.6) is 5.75 Å². The van der Waals surface area contributed by atoms with Crippen LogP contribution in [0.4, 0.5) is 5.69 Å². The number of piperidine rings is 1. The maximum atomic E-state index is 12.9. The van der Waals surface area contributed by atoms with Gasteiger partial charge in [0.1, 0.15) is 5.75 Å². The van der Waals surface area contributed by atoms with Crippen LogP contribution in [0.1, 0.15) is 34.6 Å². The minimum Gasteiger partial charge on any atom is -0.496 e. The molecule has 1 aliphatic heterocycles. The van der Waals surface area contributed by atoms with Gasteiger partial charge in [-0.05, 0) is 45.4 Å². The molecular weight excluding hydrogens is 462 g/mol. The Bertz CT molecular complexity index is 957. The molecule has 1 amide bonds. The van der Waals surface area contributed by atoms with Crippen molar-refractivity contribution in [3.63, 3.8) is 0 Å². The Kier molecular flexibility index (Phi) is 9.19. The number of carbonyl (C=O) groups is 1. The summed E-state index contributed by atoms with van der Waals surface area (Å²) in [6.07, 6.45) is 1.71. The quantitative estimate of drug-likeness (QED) is 0.237. The number of ether oxygens (including phenoxy) is 2. The van der Waals surface area contributed by atoms with Crippen molar-refractivity contribution in [2.75, 3.05) is 45.3 Å². The zero-order valence-electron chi connectivity index (χ0n) is 19.6. The van der Waals surface area contributed by atoms with E-state index < -0.39 is 0 Å². The fraction of sp³-hybridized carbons (Fsp3) is 0.522. The van der Waals surface area contributed by atoms with Crippen molar-refractivity contribution in [1.82, 2.24) is 20.2 Å². The molecule has 1 aromatic heterocycles. The van der Waals surface area contributed by atoms with E-state index in [4.69, 9.17) is 26.8 Å². The molecule has 1 aliphatic rings. The number of benzene rings is 1. The lowest BCUT2D eigenvalue weighted by Crippen LogP contribution is -2.55. The highest BCUT2D eigenvalue weighted by molar-refractivity contribution is 7.99. The lowest BCUT2D eigenvalue weighted by atomic mass is 10.0. The van der Waals surface area contributed by atoms with E-state index in [1.54, 1.807) is 31.0 Å². The van der Waals surface area contributed by atoms with Crippen molar-refractivity contribution in [3.05, 3.63) is 40.2 Å². The highest BCUT2D eigenvalue weighted by Gasteiger charge is 2.31. The van der Waals surface area contributed by atoms with Gasteiger partial charge in [-0.1, -0.05) is 23.4 Å². The first-order valence-corrected chi connectivity index (χ1v) is 12.3. The molecule has 2 aromatic rings. The van der Waals surface area contributed by atoms with Crippen LogP contribution in [0.15, 0.2) is 23.4 Å². The second kappa shape index (κ2) is 11.9. The predicted octanol–water partition coefficient (Wildman–Crippen LogP) is 3.34. The molecule has 180 valence electrons. The second-order valence-electron chi connectivity index (χ2n) is 8.15. The summed E-state index contributed by atoms with van der Waals surface area (Å²) in [6, 6.07) is 4.99. The van der Waals surface area contributed by atoms with E-state index in [-0.39, 0.29) is 18.1 Å². The first-order chi connectivity index (χ1) is 15.8. The van der Waals surface area contributed by atoms with E-state index in [1.165, 1.54) is 7.11 Å². The number of halogens is 1. The third-order valence-corrected chi connectivity index (χ3v) is 6.90. The highest BCUT2D eigenvalue weighted by Crippen LogP contribution is 2.29. The van der Waals surface area contributed by atoms with Crippen molar-refractivity contribution in [3.8, 4) is 5.75 Å². The number of nitrogens with two attached hydrogens (primary N) is 1. The van der Waals surface area contributed by atoms with Gasteiger partial charge in [0.05, 0.1) is 35.5 Å². The number of rotatable bonds is 9. The van der Waals surface area contributed by atoms with Crippen LogP contribution >= 0.6 is 23.4 Å². The van der Waals surface area contributed by atoms with Gasteiger partial charge in [0.25, 0.3) is 5.91 Å². The van der Waals surface area contributed by atoms with Crippen LogP contribution in [0.3, 0.4) is 0 Å². The molecule has 2 unspecified atom stereocenters. The molecule has 0 radical (unpaired) electrons. The van der Waals surface area contributed by atoms with Crippen molar-refractivity contribution >= 4 is 35.0 Å². The Balaban J connectivity index is 1.50. The van der Waals surface area contributed by atoms with Crippen molar-refractivity contribution in [1.29, 1.82) is 0 Å². The van der Waals surface area contributed by atoms with Gasteiger partial charge in [0.15, 0.2) is 5.16 Å². The zero-order chi connectivity index (χ0) is 24.0. The summed E-state index contributed by atoms with van der Waals surface area (Å²) >= 11 is 7.81. The number of amides is 1. The molecule has 10 heteroatoms. The lowest BCUT2D eigenvalue weighted by molar-refractivity contribution is 0.00655. The molecule has 1 aromatic carbocycles. The average Bonchev–Trinajstić information content (AvgIpc) is 2.78. The summed E-state index contributed by atoms with van der Waals surface area (Å²) < 4.78 is 11.0. The molecular formula is C23H32ClN5O3S. The number of nitrogens with one attached hydrogen (secondary N) is 1. The second-order valence-corrected chi connectivity index (χ2v) is 9.62. The van der Waals surface area contributed by atoms with E-state index in [0.29, 0.717) is 22.0 Å². The van der Waals surface area contributed by atoms with Crippen LogP contribution in [0, 0.1) is 13.8 Å². The van der Waals surface area contributed by atoms with Crippen LogP contribution in [-0.4, -0.2) is 72.5 Å². The molecule has 1 fully saturated rings. The van der Waals surface area contributed by atoms with Gasteiger partial charge in [0.2, 0.25) is 0 Å². The van der Waals surface area contributed by atoms with Crippen LogP contribution < -0.4 is 15.8 Å². The number of nitrogen functional groups attached to an aromatic ring is 1. The van der Waals surface area contributed by atoms with Gasteiger partial charge in [-0.25, -0.2) is 9.97 Å².